The summed E-state index contributed by atoms with van der Waals surface area (Å²) in [5.41, 5.74) is -2.99. The minimum atomic E-state index is -5.06. The fraction of sp³-hybridized carbons (Fsp3) is 0.667. The zero-order chi connectivity index (χ0) is 14.8. The molecule has 1 aliphatic heterocycles. The van der Waals surface area contributed by atoms with Crippen molar-refractivity contribution in [3.8, 4) is 0 Å². The molecule has 0 aromatic rings. The van der Waals surface area contributed by atoms with Crippen molar-refractivity contribution in [1.29, 1.82) is 0 Å². The number of phosphoric acid groups is 1. The normalized spacial score (nSPS) is 37.3. The Labute approximate surface area is 107 Å². The first-order valence-corrected chi connectivity index (χ1v) is 6.75. The molecule has 9 nitrogen and oxygen atoms in total. The Hall–Kier alpha value is -1.12. The maximum atomic E-state index is 11.4. The molecule has 0 spiro atoms. The van der Waals surface area contributed by atoms with Gasteiger partial charge in [-0.25, -0.2) is 9.36 Å². The van der Waals surface area contributed by atoms with Crippen molar-refractivity contribution >= 4 is 13.8 Å². The fourth-order valence-corrected chi connectivity index (χ4v) is 2.57. The summed E-state index contributed by atoms with van der Waals surface area (Å²) < 4.78 is 19.3. The molecule has 5 N–H and O–H groups in total. The van der Waals surface area contributed by atoms with E-state index in [9.17, 15) is 24.7 Å². The SMILES string of the molecule is CC1(C)C(O)[C@]1(O)[C@H]1OC(=O)C(OP(=O)(O)O)=C1O. The summed E-state index contributed by atoms with van der Waals surface area (Å²) in [6, 6.07) is 0. The van der Waals surface area contributed by atoms with Crippen molar-refractivity contribution < 1.29 is 43.7 Å². The highest BCUT2D eigenvalue weighted by Gasteiger charge is 2.78. The molecule has 0 bridgehead atoms. The summed E-state index contributed by atoms with van der Waals surface area (Å²) in [6.07, 6.45) is -2.90. The van der Waals surface area contributed by atoms with Crippen LogP contribution in [0.5, 0.6) is 0 Å². The first-order chi connectivity index (χ1) is 8.43. The number of hydrogen-bond donors (Lipinski definition) is 5. The first kappa shape index (κ1) is 14.3. The molecule has 19 heavy (non-hydrogen) atoms. The van der Waals surface area contributed by atoms with E-state index in [-0.39, 0.29) is 0 Å². The van der Waals surface area contributed by atoms with Gasteiger partial charge in [-0.05, 0) is 0 Å². The molecule has 108 valence electrons. The highest BCUT2D eigenvalue weighted by Crippen LogP contribution is 2.60. The van der Waals surface area contributed by atoms with Crippen LogP contribution in [0.15, 0.2) is 11.5 Å². The number of esters is 1. The Balaban J connectivity index is 2.33. The Morgan fingerprint density at radius 1 is 1.37 bits per heavy atom. The van der Waals surface area contributed by atoms with Gasteiger partial charge in [-0.3, -0.25) is 9.79 Å². The van der Waals surface area contributed by atoms with Crippen molar-refractivity contribution in [3.63, 3.8) is 0 Å². The van der Waals surface area contributed by atoms with Crippen molar-refractivity contribution in [2.75, 3.05) is 0 Å². The van der Waals surface area contributed by atoms with Gasteiger partial charge < -0.3 is 24.6 Å². The Morgan fingerprint density at radius 2 is 1.84 bits per heavy atom. The van der Waals surface area contributed by atoms with E-state index in [1.807, 2.05) is 0 Å². The van der Waals surface area contributed by atoms with Gasteiger partial charge in [-0.15, -0.1) is 0 Å². The Bertz CT molecular complexity index is 518. The number of rotatable bonds is 3. The van der Waals surface area contributed by atoms with Crippen molar-refractivity contribution in [2.45, 2.75) is 31.7 Å². The van der Waals surface area contributed by atoms with E-state index in [0.29, 0.717) is 0 Å². The number of aliphatic hydroxyl groups excluding tert-OH is 2. The van der Waals surface area contributed by atoms with E-state index < -0.39 is 48.5 Å². The summed E-state index contributed by atoms with van der Waals surface area (Å²) in [6.45, 7) is 2.95. The van der Waals surface area contributed by atoms with Gasteiger partial charge in [0.05, 0.1) is 6.10 Å². The van der Waals surface area contributed by atoms with Crippen LogP contribution in [0.25, 0.3) is 0 Å². The number of carbonyl (C=O) groups is 1. The lowest BCUT2D eigenvalue weighted by Gasteiger charge is -2.19. The first-order valence-electron chi connectivity index (χ1n) is 5.22. The van der Waals surface area contributed by atoms with Crippen LogP contribution in [-0.4, -0.2) is 48.9 Å². The number of hydrogen-bond acceptors (Lipinski definition) is 7. The molecule has 0 amide bonds. The summed E-state index contributed by atoms with van der Waals surface area (Å²) in [5, 5.41) is 29.5. The highest BCUT2D eigenvalue weighted by atomic mass is 31.2. The van der Waals surface area contributed by atoms with E-state index >= 15 is 0 Å². The third kappa shape index (κ3) is 1.86. The molecule has 0 radical (unpaired) electrons. The van der Waals surface area contributed by atoms with Gasteiger partial charge in [0, 0.05) is 5.41 Å². The third-order valence-electron chi connectivity index (χ3n) is 3.55. The summed E-state index contributed by atoms with van der Waals surface area (Å²) in [4.78, 5) is 28.6. The molecule has 1 heterocycles. The summed E-state index contributed by atoms with van der Waals surface area (Å²) >= 11 is 0. The Morgan fingerprint density at radius 3 is 2.21 bits per heavy atom. The van der Waals surface area contributed by atoms with Gasteiger partial charge in [0.1, 0.15) is 5.60 Å². The molecule has 3 atom stereocenters. The second kappa shape index (κ2) is 3.71. The highest BCUT2D eigenvalue weighted by molar-refractivity contribution is 7.46. The molecule has 0 aromatic heterocycles. The minimum absolute atomic E-state index is 0.958. The molecule has 1 saturated carbocycles. The predicted octanol–water partition coefficient (Wildman–Crippen LogP) is -1.08. The molecule has 1 fully saturated rings. The van der Waals surface area contributed by atoms with Crippen molar-refractivity contribution in [3.05, 3.63) is 11.5 Å². The number of cyclic esters (lactones) is 1. The maximum absolute atomic E-state index is 11.4. The van der Waals surface area contributed by atoms with E-state index in [0.717, 1.165) is 0 Å². The van der Waals surface area contributed by atoms with Gasteiger partial charge in [-0.2, -0.15) is 0 Å². The summed E-state index contributed by atoms with van der Waals surface area (Å²) in [5.74, 6) is -3.35. The number of phosphoric ester groups is 1. The molecule has 1 aliphatic carbocycles. The molecule has 2 rings (SSSR count). The largest absolute Gasteiger partial charge is 0.525 e. The monoisotopic (exact) mass is 296 g/mol. The van der Waals surface area contributed by atoms with Gasteiger partial charge in [0.25, 0.3) is 5.76 Å². The smallest absolute Gasteiger partial charge is 0.505 e. The second-order valence-corrected chi connectivity index (χ2v) is 6.19. The van der Waals surface area contributed by atoms with Crippen LogP contribution >= 0.6 is 7.82 Å². The lowest BCUT2D eigenvalue weighted by Crippen LogP contribution is -2.36. The van der Waals surface area contributed by atoms with Gasteiger partial charge in [0.15, 0.2) is 11.9 Å². The van der Waals surface area contributed by atoms with Crippen LogP contribution in [-0.2, 0) is 18.6 Å². The quantitative estimate of drug-likeness (QED) is 0.323. The lowest BCUT2D eigenvalue weighted by atomic mass is 10.0. The molecule has 2 aliphatic rings. The van der Waals surface area contributed by atoms with Gasteiger partial charge in [0.2, 0.25) is 0 Å². The van der Waals surface area contributed by atoms with Crippen LogP contribution in [0.4, 0.5) is 0 Å². The van der Waals surface area contributed by atoms with Crippen molar-refractivity contribution in [2.24, 2.45) is 5.41 Å². The van der Waals surface area contributed by atoms with Crippen LogP contribution in [0.1, 0.15) is 13.8 Å². The van der Waals surface area contributed by atoms with Crippen LogP contribution < -0.4 is 0 Å². The molecule has 1 unspecified atom stereocenters. The number of ether oxygens (including phenoxy) is 1. The molecular weight excluding hydrogens is 283 g/mol. The summed E-state index contributed by atoms with van der Waals surface area (Å²) in [7, 11) is -5.06. The van der Waals surface area contributed by atoms with E-state index in [2.05, 4.69) is 9.26 Å². The van der Waals surface area contributed by atoms with Crippen molar-refractivity contribution in [1.82, 2.24) is 0 Å². The third-order valence-corrected chi connectivity index (χ3v) is 3.97. The second-order valence-electron chi connectivity index (χ2n) is 5.03. The average Bonchev–Trinajstić information content (AvgIpc) is 2.53. The number of carbonyl (C=O) groups excluding carboxylic acids is 1. The lowest BCUT2D eigenvalue weighted by molar-refractivity contribution is -0.150. The average molecular weight is 296 g/mol. The predicted molar refractivity (Wildman–Crippen MR) is 57.4 cm³/mol. The van der Waals surface area contributed by atoms with E-state index in [4.69, 9.17) is 9.79 Å². The van der Waals surface area contributed by atoms with Gasteiger partial charge >= 0.3 is 13.8 Å². The molecular formula is C9H13O9P. The zero-order valence-corrected chi connectivity index (χ0v) is 10.9. The maximum Gasteiger partial charge on any atom is 0.525 e. The van der Waals surface area contributed by atoms with E-state index in [1.54, 1.807) is 0 Å². The van der Waals surface area contributed by atoms with Crippen LogP contribution in [0, 0.1) is 5.41 Å². The van der Waals surface area contributed by atoms with Gasteiger partial charge in [-0.1, -0.05) is 13.8 Å². The zero-order valence-electron chi connectivity index (χ0n) is 9.97. The van der Waals surface area contributed by atoms with Crippen LogP contribution in [0.2, 0.25) is 0 Å². The molecule has 10 heteroatoms. The molecule has 0 saturated heterocycles. The molecule has 0 aromatic carbocycles. The Kier molecular flexibility index (Phi) is 2.79. The van der Waals surface area contributed by atoms with Crippen LogP contribution in [0.3, 0.4) is 0 Å². The van der Waals surface area contributed by atoms with E-state index in [1.165, 1.54) is 13.8 Å². The number of aliphatic hydroxyl groups is 3. The minimum Gasteiger partial charge on any atom is -0.505 e. The fourth-order valence-electron chi connectivity index (χ4n) is 2.17. The topological polar surface area (TPSA) is 154 Å². The standard InChI is InChI=1S/C9H13O9P/c1-8(2)7(12)9(8,13)5-3(10)4(6(11)17-5)18-19(14,15)16/h5,7,10,12-13H,1-2H3,(H2,14,15,16)/t5-,7?,9+/m0/s1.